The first-order chi connectivity index (χ1) is 13.3. The Morgan fingerprint density at radius 1 is 1.00 bits per heavy atom. The van der Waals surface area contributed by atoms with Crippen molar-refractivity contribution in [3.8, 4) is 23.0 Å². The number of hydrogen-bond acceptors (Lipinski definition) is 6. The number of carbonyl (C=O) groups is 2. The molecule has 0 bridgehead atoms. The number of rotatable bonds is 4. The Morgan fingerprint density at radius 2 is 1.64 bits per heavy atom. The molecule has 1 aliphatic heterocycles. The van der Waals surface area contributed by atoms with Gasteiger partial charge in [-0.15, -0.1) is 0 Å². The van der Waals surface area contributed by atoms with Gasteiger partial charge in [-0.3, -0.25) is 0 Å². The third-order valence-electron chi connectivity index (χ3n) is 3.94. The van der Waals surface area contributed by atoms with Gasteiger partial charge in [0.05, 0.1) is 7.11 Å². The van der Waals surface area contributed by atoms with E-state index in [4.69, 9.17) is 18.9 Å². The number of carbonyl (C=O) groups excluding carboxylic acids is 2. The minimum Gasteiger partial charge on any atom is -0.467 e. The molecular formula is C21H23NO6. The lowest BCUT2D eigenvalue weighted by Gasteiger charge is -2.25. The summed E-state index contributed by atoms with van der Waals surface area (Å²) in [5.74, 6) is 1.65. The molecule has 7 heteroatoms. The zero-order valence-corrected chi connectivity index (χ0v) is 16.3. The maximum absolute atomic E-state index is 12.2. The van der Waals surface area contributed by atoms with Gasteiger partial charge in [0.25, 0.3) is 0 Å². The molecule has 0 aromatic heterocycles. The third kappa shape index (κ3) is 4.54. The highest BCUT2D eigenvalue weighted by Gasteiger charge is 2.28. The Kier molecular flexibility index (Phi) is 5.44. The third-order valence-corrected chi connectivity index (χ3v) is 3.94. The molecule has 0 saturated carbocycles. The molecule has 0 unspecified atom stereocenters. The number of amides is 1. The van der Waals surface area contributed by atoms with E-state index in [1.165, 1.54) is 7.11 Å². The van der Waals surface area contributed by atoms with Crippen molar-refractivity contribution in [1.82, 2.24) is 5.32 Å². The summed E-state index contributed by atoms with van der Waals surface area (Å²) in [6.07, 6.45) is -0.545. The first-order valence-corrected chi connectivity index (χ1v) is 8.91. The van der Waals surface area contributed by atoms with Crippen molar-refractivity contribution in [2.45, 2.75) is 38.8 Å². The van der Waals surface area contributed by atoms with E-state index in [0.717, 1.165) is 0 Å². The Labute approximate surface area is 163 Å². The van der Waals surface area contributed by atoms with E-state index in [1.807, 2.05) is 24.3 Å². The summed E-state index contributed by atoms with van der Waals surface area (Å²) >= 11 is 0. The number of fused-ring (bicyclic) bond motifs is 2. The van der Waals surface area contributed by atoms with Crippen LogP contribution in [0.15, 0.2) is 42.5 Å². The second kappa shape index (κ2) is 7.80. The van der Waals surface area contributed by atoms with Gasteiger partial charge in [0.2, 0.25) is 0 Å². The average Bonchev–Trinajstić information content (AvgIpc) is 2.64. The van der Waals surface area contributed by atoms with Gasteiger partial charge in [0.1, 0.15) is 11.6 Å². The molecule has 28 heavy (non-hydrogen) atoms. The van der Waals surface area contributed by atoms with Crippen molar-refractivity contribution < 1.29 is 28.5 Å². The molecule has 1 amide bonds. The van der Waals surface area contributed by atoms with Crippen LogP contribution in [0.5, 0.6) is 23.0 Å². The van der Waals surface area contributed by atoms with Gasteiger partial charge >= 0.3 is 12.1 Å². The Bertz CT molecular complexity index is 887. The van der Waals surface area contributed by atoms with E-state index in [1.54, 1.807) is 39.0 Å². The van der Waals surface area contributed by atoms with Gasteiger partial charge in [-0.05, 0) is 39.0 Å². The monoisotopic (exact) mass is 385 g/mol. The number of ether oxygens (including phenoxy) is 4. The van der Waals surface area contributed by atoms with E-state index in [0.29, 0.717) is 28.6 Å². The van der Waals surface area contributed by atoms with Crippen LogP contribution in [0.4, 0.5) is 4.79 Å². The molecule has 1 heterocycles. The van der Waals surface area contributed by atoms with Crippen LogP contribution in [0, 0.1) is 0 Å². The molecule has 148 valence electrons. The lowest BCUT2D eigenvalue weighted by molar-refractivity contribution is -0.143. The lowest BCUT2D eigenvalue weighted by atomic mass is 10.0. The van der Waals surface area contributed by atoms with E-state index in [9.17, 15) is 9.59 Å². The molecule has 2 aromatic carbocycles. The minimum atomic E-state index is -0.938. The molecule has 2 aromatic rings. The smallest absolute Gasteiger partial charge is 0.408 e. The molecular weight excluding hydrogens is 362 g/mol. The Morgan fingerprint density at radius 3 is 2.29 bits per heavy atom. The molecule has 0 aliphatic carbocycles. The summed E-state index contributed by atoms with van der Waals surface area (Å²) < 4.78 is 21.9. The fraction of sp³-hybridized carbons (Fsp3) is 0.333. The van der Waals surface area contributed by atoms with Crippen molar-refractivity contribution >= 4 is 12.1 Å². The number of hydrogen-bond donors (Lipinski definition) is 1. The first-order valence-electron chi connectivity index (χ1n) is 8.91. The zero-order valence-electron chi connectivity index (χ0n) is 16.3. The quantitative estimate of drug-likeness (QED) is 0.678. The molecule has 0 spiro atoms. The van der Waals surface area contributed by atoms with Gasteiger partial charge in [0.15, 0.2) is 23.0 Å². The molecule has 1 aliphatic rings. The normalized spacial score (nSPS) is 13.1. The summed E-state index contributed by atoms with van der Waals surface area (Å²) in [7, 11) is 1.27. The second-order valence-corrected chi connectivity index (χ2v) is 7.32. The lowest BCUT2D eigenvalue weighted by Crippen LogP contribution is -2.45. The molecule has 0 fully saturated rings. The number of para-hydroxylation sites is 3. The number of esters is 1. The summed E-state index contributed by atoms with van der Waals surface area (Å²) in [5.41, 5.74) is 0.00981. The van der Waals surface area contributed by atoms with Crippen molar-refractivity contribution in [2.75, 3.05) is 7.11 Å². The Balaban J connectivity index is 1.83. The molecule has 7 nitrogen and oxygen atoms in total. The van der Waals surface area contributed by atoms with Gasteiger partial charge in [-0.1, -0.05) is 24.3 Å². The Hall–Kier alpha value is -3.22. The van der Waals surface area contributed by atoms with Crippen molar-refractivity contribution in [2.24, 2.45) is 0 Å². The molecule has 0 radical (unpaired) electrons. The highest BCUT2D eigenvalue weighted by Crippen LogP contribution is 2.46. The maximum Gasteiger partial charge on any atom is 0.408 e. The zero-order chi connectivity index (χ0) is 20.3. The van der Waals surface area contributed by atoms with E-state index in [-0.39, 0.29) is 6.42 Å². The molecule has 0 saturated heterocycles. The first kappa shape index (κ1) is 19.5. The van der Waals surface area contributed by atoms with Crippen molar-refractivity contribution in [1.29, 1.82) is 0 Å². The topological polar surface area (TPSA) is 83.1 Å². The predicted molar refractivity (Wildman–Crippen MR) is 102 cm³/mol. The van der Waals surface area contributed by atoms with Crippen molar-refractivity contribution in [3.05, 3.63) is 48.0 Å². The number of alkyl carbamates (subject to hydrolysis) is 1. The maximum atomic E-state index is 12.2. The van der Waals surface area contributed by atoms with Gasteiger partial charge < -0.3 is 24.3 Å². The van der Waals surface area contributed by atoms with Crippen molar-refractivity contribution in [3.63, 3.8) is 0 Å². The largest absolute Gasteiger partial charge is 0.467 e. The fourth-order valence-corrected chi connectivity index (χ4v) is 2.77. The highest BCUT2D eigenvalue weighted by molar-refractivity contribution is 5.82. The van der Waals surface area contributed by atoms with Gasteiger partial charge in [-0.2, -0.15) is 0 Å². The van der Waals surface area contributed by atoms with Gasteiger partial charge in [-0.25, -0.2) is 9.59 Å². The summed E-state index contributed by atoms with van der Waals surface area (Å²) in [6, 6.07) is 11.8. The molecule has 1 N–H and O–H groups in total. The number of methoxy groups -OCH3 is 1. The van der Waals surface area contributed by atoms with Crippen LogP contribution in [0.25, 0.3) is 0 Å². The van der Waals surface area contributed by atoms with Crippen LogP contribution in [-0.2, 0) is 20.7 Å². The SMILES string of the molecule is COC(=O)[C@H](Cc1cccc2c1Oc1ccccc1O2)NC(=O)OC(C)(C)C. The minimum absolute atomic E-state index is 0.153. The summed E-state index contributed by atoms with van der Waals surface area (Å²) in [4.78, 5) is 24.4. The highest BCUT2D eigenvalue weighted by atomic mass is 16.6. The standard InChI is InChI=1S/C21H23NO6/c1-21(2,3)28-20(24)22-14(19(23)25-4)12-13-8-7-11-17-18(13)27-16-10-6-5-9-15(16)26-17/h5-11,14H,12H2,1-4H3,(H,22,24)/t14-/m0/s1. The van der Waals surface area contributed by atoms with Crippen LogP contribution >= 0.6 is 0 Å². The van der Waals surface area contributed by atoms with E-state index >= 15 is 0 Å². The second-order valence-electron chi connectivity index (χ2n) is 7.32. The molecule has 1 atom stereocenters. The van der Waals surface area contributed by atoms with Gasteiger partial charge in [0, 0.05) is 12.0 Å². The predicted octanol–water partition coefficient (Wildman–Crippen LogP) is 4.19. The summed E-state index contributed by atoms with van der Waals surface area (Å²) in [5, 5.41) is 2.57. The van der Waals surface area contributed by atoms with E-state index in [2.05, 4.69) is 5.32 Å². The molecule has 3 rings (SSSR count). The fourth-order valence-electron chi connectivity index (χ4n) is 2.77. The average molecular weight is 385 g/mol. The summed E-state index contributed by atoms with van der Waals surface area (Å²) in [6.45, 7) is 5.24. The van der Waals surface area contributed by atoms with Crippen LogP contribution in [0.2, 0.25) is 0 Å². The number of nitrogens with one attached hydrogen (secondary N) is 1. The van der Waals surface area contributed by atoms with Crippen LogP contribution in [0.1, 0.15) is 26.3 Å². The number of benzene rings is 2. The van der Waals surface area contributed by atoms with Crippen LogP contribution in [-0.4, -0.2) is 30.8 Å². The van der Waals surface area contributed by atoms with Crippen LogP contribution < -0.4 is 14.8 Å². The van der Waals surface area contributed by atoms with E-state index < -0.39 is 23.7 Å². The van der Waals surface area contributed by atoms with Crippen LogP contribution in [0.3, 0.4) is 0 Å².